The van der Waals surface area contributed by atoms with Crippen LogP contribution in [0.4, 0.5) is 0 Å². The lowest BCUT2D eigenvalue weighted by Gasteiger charge is -2.22. The van der Waals surface area contributed by atoms with E-state index in [-0.39, 0.29) is 12.0 Å². The van der Waals surface area contributed by atoms with Crippen LogP contribution in [0.1, 0.15) is 40.8 Å². The van der Waals surface area contributed by atoms with Gasteiger partial charge in [0, 0.05) is 29.4 Å². The van der Waals surface area contributed by atoms with E-state index in [4.69, 9.17) is 10.5 Å². The number of aromatic nitrogens is 1. The first-order chi connectivity index (χ1) is 9.70. The molecule has 104 valence electrons. The molecule has 0 saturated heterocycles. The first-order valence-corrected chi connectivity index (χ1v) is 7.04. The molecule has 20 heavy (non-hydrogen) atoms. The van der Waals surface area contributed by atoms with E-state index < -0.39 is 0 Å². The zero-order valence-electron chi connectivity index (χ0n) is 12.0. The second-order valence-corrected chi connectivity index (χ2v) is 5.46. The van der Waals surface area contributed by atoms with Crippen molar-refractivity contribution in [3.05, 3.63) is 58.9 Å². The Morgan fingerprint density at radius 1 is 1.35 bits per heavy atom. The minimum Gasteiger partial charge on any atom is -0.496 e. The lowest BCUT2D eigenvalue weighted by Crippen LogP contribution is -2.19. The molecule has 1 aliphatic rings. The first kappa shape index (κ1) is 13.1. The fraction of sp³-hybridized carbons (Fsp3) is 0.353. The van der Waals surface area contributed by atoms with Crippen LogP contribution in [-0.2, 0) is 6.42 Å². The van der Waals surface area contributed by atoms with Gasteiger partial charge in [-0.1, -0.05) is 23.8 Å². The van der Waals surface area contributed by atoms with Crippen molar-refractivity contribution >= 4 is 0 Å². The van der Waals surface area contributed by atoms with Crippen molar-refractivity contribution in [2.75, 3.05) is 7.11 Å². The number of pyridine rings is 1. The molecule has 3 nitrogen and oxygen atoms in total. The number of fused-ring (bicyclic) bond motifs is 1. The molecule has 2 atom stereocenters. The summed E-state index contributed by atoms with van der Waals surface area (Å²) in [5.41, 5.74) is 11.3. The average Bonchev–Trinajstić information content (AvgIpc) is 2.90. The highest BCUT2D eigenvalue weighted by Gasteiger charge is 2.31. The van der Waals surface area contributed by atoms with Crippen molar-refractivity contribution in [3.8, 4) is 5.75 Å². The summed E-state index contributed by atoms with van der Waals surface area (Å²) in [4.78, 5) is 4.54. The van der Waals surface area contributed by atoms with Crippen molar-refractivity contribution in [1.29, 1.82) is 0 Å². The number of aryl methyl sites for hydroxylation is 2. The number of methoxy groups -OCH3 is 1. The number of nitrogens with zero attached hydrogens (tertiary/aromatic N) is 1. The molecule has 2 unspecified atom stereocenters. The Balaban J connectivity index is 1.98. The Bertz CT molecular complexity index is 624. The highest BCUT2D eigenvalue weighted by Crippen LogP contribution is 2.41. The van der Waals surface area contributed by atoms with E-state index in [2.05, 4.69) is 30.1 Å². The summed E-state index contributed by atoms with van der Waals surface area (Å²) in [6, 6.07) is 10.3. The van der Waals surface area contributed by atoms with Gasteiger partial charge in [0.05, 0.1) is 7.11 Å². The molecule has 3 heteroatoms. The summed E-state index contributed by atoms with van der Waals surface area (Å²) in [6.45, 7) is 2.08. The fourth-order valence-corrected chi connectivity index (χ4v) is 3.12. The molecule has 1 aromatic carbocycles. The molecule has 1 aromatic heterocycles. The first-order valence-electron chi connectivity index (χ1n) is 7.04. The van der Waals surface area contributed by atoms with E-state index in [1.54, 1.807) is 7.11 Å². The van der Waals surface area contributed by atoms with Crippen molar-refractivity contribution in [3.63, 3.8) is 0 Å². The van der Waals surface area contributed by atoms with Crippen LogP contribution >= 0.6 is 0 Å². The molecule has 0 aliphatic heterocycles. The third-order valence-corrected chi connectivity index (χ3v) is 4.18. The van der Waals surface area contributed by atoms with Gasteiger partial charge in [-0.15, -0.1) is 0 Å². The van der Waals surface area contributed by atoms with E-state index in [1.165, 1.54) is 11.1 Å². The lowest BCUT2D eigenvalue weighted by atomic mass is 9.90. The molecule has 0 fully saturated rings. The number of hydrogen-bond acceptors (Lipinski definition) is 3. The van der Waals surface area contributed by atoms with E-state index in [1.807, 2.05) is 18.3 Å². The Morgan fingerprint density at radius 2 is 2.20 bits per heavy atom. The zero-order chi connectivity index (χ0) is 14.1. The van der Waals surface area contributed by atoms with Crippen molar-refractivity contribution in [2.45, 2.75) is 31.7 Å². The molecule has 2 aromatic rings. The summed E-state index contributed by atoms with van der Waals surface area (Å²) in [5, 5.41) is 0. The molecule has 1 aliphatic carbocycles. The van der Waals surface area contributed by atoms with Crippen molar-refractivity contribution in [2.24, 2.45) is 5.73 Å². The molecular weight excluding hydrogens is 248 g/mol. The fourth-order valence-electron chi connectivity index (χ4n) is 3.12. The number of nitrogens with two attached hydrogens (primary N) is 1. The van der Waals surface area contributed by atoms with Crippen LogP contribution in [0.2, 0.25) is 0 Å². The molecule has 0 amide bonds. The van der Waals surface area contributed by atoms with Crippen molar-refractivity contribution < 1.29 is 4.74 Å². The topological polar surface area (TPSA) is 48.1 Å². The van der Waals surface area contributed by atoms with Crippen LogP contribution < -0.4 is 10.5 Å². The molecule has 2 N–H and O–H groups in total. The minimum absolute atomic E-state index is 0.0685. The van der Waals surface area contributed by atoms with E-state index >= 15 is 0 Å². The van der Waals surface area contributed by atoms with Gasteiger partial charge in [0.15, 0.2) is 0 Å². The number of ether oxygens (including phenoxy) is 1. The Kier molecular flexibility index (Phi) is 3.45. The predicted molar refractivity (Wildman–Crippen MR) is 80.0 cm³/mol. The van der Waals surface area contributed by atoms with Crippen LogP contribution in [0.3, 0.4) is 0 Å². The van der Waals surface area contributed by atoms with Gasteiger partial charge < -0.3 is 10.5 Å². The number of rotatable bonds is 3. The Hall–Kier alpha value is -1.87. The summed E-state index contributed by atoms with van der Waals surface area (Å²) < 4.78 is 5.47. The van der Waals surface area contributed by atoms with E-state index in [9.17, 15) is 0 Å². The Morgan fingerprint density at radius 3 is 3.00 bits per heavy atom. The highest BCUT2D eigenvalue weighted by atomic mass is 16.5. The van der Waals surface area contributed by atoms with Gasteiger partial charge in [0.2, 0.25) is 0 Å². The second kappa shape index (κ2) is 5.25. The quantitative estimate of drug-likeness (QED) is 0.930. The van der Waals surface area contributed by atoms with Crippen molar-refractivity contribution in [1.82, 2.24) is 4.98 Å². The number of hydrogen-bond donors (Lipinski definition) is 1. The predicted octanol–water partition coefficient (Wildman–Crippen LogP) is 3.13. The minimum atomic E-state index is -0.0685. The van der Waals surface area contributed by atoms with Crippen LogP contribution in [0.25, 0.3) is 0 Å². The molecule has 1 heterocycles. The standard InChI is InChI=1S/C17H20N2O/c1-11-5-8-15(20-2)14(10-11)16(18)13-7-6-12-4-3-9-19-17(12)13/h3-5,8-10,13,16H,6-7,18H2,1-2H3. The summed E-state index contributed by atoms with van der Waals surface area (Å²) in [6.07, 6.45) is 3.98. The third-order valence-electron chi connectivity index (χ3n) is 4.18. The van der Waals surface area contributed by atoms with Gasteiger partial charge in [-0.05, 0) is 37.5 Å². The largest absolute Gasteiger partial charge is 0.496 e. The van der Waals surface area contributed by atoms with E-state index in [0.717, 1.165) is 29.8 Å². The van der Waals surface area contributed by atoms with Gasteiger partial charge in [-0.25, -0.2) is 0 Å². The number of benzene rings is 1. The maximum absolute atomic E-state index is 6.54. The van der Waals surface area contributed by atoms with Gasteiger partial charge in [-0.2, -0.15) is 0 Å². The molecule has 0 bridgehead atoms. The zero-order valence-corrected chi connectivity index (χ0v) is 12.0. The van der Waals surface area contributed by atoms with Gasteiger partial charge in [0.25, 0.3) is 0 Å². The molecule has 0 saturated carbocycles. The van der Waals surface area contributed by atoms with E-state index in [0.29, 0.717) is 0 Å². The monoisotopic (exact) mass is 268 g/mol. The maximum atomic E-state index is 6.54. The van der Waals surface area contributed by atoms with Crippen LogP contribution in [0.15, 0.2) is 36.5 Å². The third kappa shape index (κ3) is 2.18. The van der Waals surface area contributed by atoms with Crippen LogP contribution in [0, 0.1) is 6.92 Å². The van der Waals surface area contributed by atoms with Crippen LogP contribution in [-0.4, -0.2) is 12.1 Å². The van der Waals surface area contributed by atoms with Crippen LogP contribution in [0.5, 0.6) is 5.75 Å². The summed E-state index contributed by atoms with van der Waals surface area (Å²) >= 11 is 0. The van der Waals surface area contributed by atoms with Gasteiger partial charge in [-0.3, -0.25) is 4.98 Å². The second-order valence-electron chi connectivity index (χ2n) is 5.46. The van der Waals surface area contributed by atoms with Gasteiger partial charge >= 0.3 is 0 Å². The highest BCUT2D eigenvalue weighted by molar-refractivity contribution is 5.42. The lowest BCUT2D eigenvalue weighted by molar-refractivity contribution is 0.399. The smallest absolute Gasteiger partial charge is 0.123 e. The average molecular weight is 268 g/mol. The molecular formula is C17H20N2O. The molecule has 3 rings (SSSR count). The van der Waals surface area contributed by atoms with Gasteiger partial charge in [0.1, 0.15) is 5.75 Å². The molecule has 0 radical (unpaired) electrons. The Labute approximate surface area is 119 Å². The maximum Gasteiger partial charge on any atom is 0.123 e. The summed E-state index contributed by atoms with van der Waals surface area (Å²) in [7, 11) is 1.70. The summed E-state index contributed by atoms with van der Waals surface area (Å²) in [5.74, 6) is 1.15. The SMILES string of the molecule is COc1ccc(C)cc1C(N)C1CCc2cccnc21. The normalized spacial score (nSPS) is 18.6. The molecule has 0 spiro atoms.